The number of aryl methyl sites for hydroxylation is 2. The monoisotopic (exact) mass is 681 g/mol. The van der Waals surface area contributed by atoms with E-state index in [0.29, 0.717) is 17.4 Å². The summed E-state index contributed by atoms with van der Waals surface area (Å²) in [6, 6.07) is 5.63. The van der Waals surface area contributed by atoms with Gasteiger partial charge in [0.2, 0.25) is 6.20 Å². The Morgan fingerprint density at radius 1 is 1.26 bits per heavy atom. The van der Waals surface area contributed by atoms with Crippen LogP contribution in [0.2, 0.25) is 0 Å². The van der Waals surface area contributed by atoms with E-state index in [4.69, 9.17) is 25.6 Å². The van der Waals surface area contributed by atoms with Gasteiger partial charge in [0.15, 0.2) is 17.9 Å². The summed E-state index contributed by atoms with van der Waals surface area (Å²) in [6.45, 7) is 3.59. The molecule has 2 amide bonds. The van der Waals surface area contributed by atoms with Crippen LogP contribution in [0.4, 0.5) is 5.13 Å². The van der Waals surface area contributed by atoms with Crippen molar-refractivity contribution in [2.75, 3.05) is 18.9 Å². The predicted molar refractivity (Wildman–Crippen MR) is 161 cm³/mol. The number of carbonyl (C=O) groups excluding carboxylic acids is 2. The number of nitrogens with two attached hydrogens (primary N) is 2. The highest BCUT2D eigenvalue weighted by atomic mass is 32.3. The van der Waals surface area contributed by atoms with Gasteiger partial charge in [0.05, 0.1) is 23.8 Å². The Morgan fingerprint density at radius 2 is 1.96 bits per heavy atom. The summed E-state index contributed by atoms with van der Waals surface area (Å²) in [5, 5.41) is 17.6. The summed E-state index contributed by atoms with van der Waals surface area (Å²) in [6.07, 6.45) is 3.12. The molecule has 1 aliphatic heterocycles. The predicted octanol–water partition coefficient (Wildman–Crippen LogP) is -0.540. The van der Waals surface area contributed by atoms with Crippen LogP contribution in [0.15, 0.2) is 47.2 Å². The third-order valence-electron chi connectivity index (χ3n) is 6.85. The molecule has 3 aromatic rings. The number of nitrogens with zero attached hydrogens (tertiary/aromatic N) is 5. The molecule has 7 N–H and O–H groups in total. The first-order valence-electron chi connectivity index (χ1n) is 13.6. The molecule has 0 saturated carbocycles. The number of thiazole rings is 1. The third kappa shape index (κ3) is 7.95. The van der Waals surface area contributed by atoms with Crippen LogP contribution in [-0.4, -0.2) is 87.1 Å². The number of amides is 2. The number of ether oxygens (including phenoxy) is 1. The van der Waals surface area contributed by atoms with Crippen molar-refractivity contribution in [2.24, 2.45) is 17.9 Å². The van der Waals surface area contributed by atoms with E-state index in [1.807, 2.05) is 40.9 Å². The Balaban J connectivity index is 1.44. The van der Waals surface area contributed by atoms with E-state index in [2.05, 4.69) is 19.7 Å². The average molecular weight is 682 g/mol. The number of carbonyl (C=O) groups is 3. The lowest BCUT2D eigenvalue weighted by Gasteiger charge is -2.50. The number of anilines is 1. The number of carboxylic acids is 1. The minimum atomic E-state index is -5.01. The maximum Gasteiger partial charge on any atom is 0.418 e. The van der Waals surface area contributed by atoms with Gasteiger partial charge < -0.3 is 31.5 Å². The summed E-state index contributed by atoms with van der Waals surface area (Å²) >= 11 is 0.961. The molecule has 1 unspecified atom stereocenters. The van der Waals surface area contributed by atoms with Crippen molar-refractivity contribution in [3.8, 4) is 16.9 Å². The van der Waals surface area contributed by atoms with Crippen molar-refractivity contribution in [1.82, 2.24) is 20.0 Å². The number of β-lactam (4-membered cyclic amide) rings is 1. The van der Waals surface area contributed by atoms with Gasteiger partial charge in [0.25, 0.3) is 17.9 Å². The Labute approximate surface area is 267 Å². The van der Waals surface area contributed by atoms with Crippen molar-refractivity contribution in [1.29, 1.82) is 0 Å². The molecule has 248 valence electrons. The third-order valence-corrected chi connectivity index (χ3v) is 7.86. The van der Waals surface area contributed by atoms with E-state index in [1.165, 1.54) is 19.2 Å². The van der Waals surface area contributed by atoms with Crippen molar-refractivity contribution in [3.63, 3.8) is 0 Å². The number of hydrogen-bond acceptors (Lipinski definition) is 13. The van der Waals surface area contributed by atoms with Gasteiger partial charge in [-0.2, -0.15) is 18.2 Å². The highest BCUT2D eigenvalue weighted by Crippen LogP contribution is 2.33. The Kier molecular flexibility index (Phi) is 10.3. The number of carboxylic acid groups (broad SMARTS) is 1. The van der Waals surface area contributed by atoms with Crippen LogP contribution < -0.4 is 26.2 Å². The van der Waals surface area contributed by atoms with Gasteiger partial charge in [-0.15, -0.1) is 20.3 Å². The Hall–Kier alpha value is -4.63. The summed E-state index contributed by atoms with van der Waals surface area (Å²) in [5.74, 6) is -3.11. The van der Waals surface area contributed by atoms with Gasteiger partial charge in [-0.25, -0.2) is 9.78 Å². The molecule has 1 saturated heterocycles. The standard InChI is InChI=1S/C26H32N8O10S2/c1-26(2)21(23(36)34(26)44-46(39,40)41)30-22(35)20(18-14-45-25(28)29-18)31-43-19(24(37)38)13-42-17-7-5-15(6-8-17)16-11-32(3)33(12-16)10-4-9-27/h5-8,11-12,14,19,21H,4,9-10,13,27H2,1-3H3,(H4-,28,29,30,35,37,38,39,40,41)/p+1/b31-20-/t19-,21?/m0/s1. The fourth-order valence-electron chi connectivity index (χ4n) is 4.38. The highest BCUT2D eigenvalue weighted by Gasteiger charge is 2.58. The molecule has 0 aliphatic carbocycles. The Morgan fingerprint density at radius 3 is 2.52 bits per heavy atom. The molecule has 20 heteroatoms. The first-order valence-corrected chi connectivity index (χ1v) is 15.8. The number of hydroxylamine groups is 2. The van der Waals surface area contributed by atoms with Gasteiger partial charge in [-0.3, -0.25) is 14.1 Å². The van der Waals surface area contributed by atoms with Gasteiger partial charge in [-0.05, 0) is 44.5 Å². The number of rotatable bonds is 15. The molecule has 1 aromatic carbocycles. The lowest BCUT2D eigenvalue weighted by atomic mass is 9.84. The van der Waals surface area contributed by atoms with Crippen LogP contribution in [0, 0.1) is 0 Å². The lowest BCUT2D eigenvalue weighted by Crippen LogP contribution is -2.76. The molecule has 2 atom stereocenters. The molecule has 46 heavy (non-hydrogen) atoms. The second kappa shape index (κ2) is 13.8. The van der Waals surface area contributed by atoms with Crippen LogP contribution in [0.5, 0.6) is 5.75 Å². The highest BCUT2D eigenvalue weighted by molar-refractivity contribution is 7.80. The first-order chi connectivity index (χ1) is 21.6. The topological polar surface area (TPSA) is 255 Å². The van der Waals surface area contributed by atoms with Crippen LogP contribution >= 0.6 is 11.3 Å². The molecule has 2 aromatic heterocycles. The fourth-order valence-corrected chi connectivity index (χ4v) is 5.39. The fraction of sp³-hybridized carbons (Fsp3) is 0.385. The zero-order chi connectivity index (χ0) is 33.8. The maximum absolute atomic E-state index is 13.2. The number of benzene rings is 1. The average Bonchev–Trinajstić information content (AvgIpc) is 3.59. The molecular weight excluding hydrogens is 648 g/mol. The van der Waals surface area contributed by atoms with Crippen LogP contribution in [0.25, 0.3) is 11.1 Å². The SMILES string of the molecule is C[n+]1cc(-c2ccc(OC[C@H](O/N=C(\C(=O)NC3C(=O)N(OS(=O)(=O)O)C3(C)C)c3csc(N)n3)C(=O)O)cc2)cn1CCCN. The summed E-state index contributed by atoms with van der Waals surface area (Å²) < 4.78 is 45.0. The van der Waals surface area contributed by atoms with E-state index >= 15 is 0 Å². The summed E-state index contributed by atoms with van der Waals surface area (Å²) in [7, 11) is -3.09. The zero-order valence-corrected chi connectivity index (χ0v) is 26.5. The van der Waals surface area contributed by atoms with Crippen LogP contribution in [0.3, 0.4) is 0 Å². The van der Waals surface area contributed by atoms with Crippen molar-refractivity contribution >= 4 is 50.4 Å². The Bertz CT molecular complexity index is 1740. The zero-order valence-electron chi connectivity index (χ0n) is 24.9. The largest absolute Gasteiger partial charge is 0.489 e. The minimum absolute atomic E-state index is 0.0609. The van der Waals surface area contributed by atoms with Gasteiger partial charge in [0.1, 0.15) is 24.1 Å². The smallest absolute Gasteiger partial charge is 0.418 e. The van der Waals surface area contributed by atoms with E-state index < -0.39 is 58.2 Å². The molecule has 3 heterocycles. The molecule has 1 fully saturated rings. The normalized spacial score (nSPS) is 16.9. The summed E-state index contributed by atoms with van der Waals surface area (Å²) in [4.78, 5) is 46.8. The maximum atomic E-state index is 13.2. The van der Waals surface area contributed by atoms with Crippen LogP contribution in [-0.2, 0) is 47.5 Å². The second-order valence-electron chi connectivity index (χ2n) is 10.6. The molecule has 1 aliphatic rings. The summed E-state index contributed by atoms with van der Waals surface area (Å²) in [5.41, 5.74) is 11.1. The van der Waals surface area contributed by atoms with Gasteiger partial charge in [0, 0.05) is 5.38 Å². The van der Waals surface area contributed by atoms with Crippen LogP contribution in [0.1, 0.15) is 26.0 Å². The number of oxime groups is 1. The van der Waals surface area contributed by atoms with Gasteiger partial charge >= 0.3 is 16.4 Å². The van der Waals surface area contributed by atoms with Crippen molar-refractivity contribution in [3.05, 3.63) is 47.7 Å². The van der Waals surface area contributed by atoms with E-state index in [1.54, 1.807) is 12.1 Å². The molecule has 0 bridgehead atoms. The number of aromatic nitrogens is 3. The number of nitrogen functional groups attached to an aromatic ring is 1. The van der Waals surface area contributed by atoms with Gasteiger partial charge in [-0.1, -0.05) is 17.3 Å². The second-order valence-corrected chi connectivity index (χ2v) is 12.5. The van der Waals surface area contributed by atoms with Crippen molar-refractivity contribution in [2.45, 2.75) is 44.5 Å². The van der Waals surface area contributed by atoms with Crippen molar-refractivity contribution < 1.29 is 51.0 Å². The lowest BCUT2D eigenvalue weighted by molar-refractivity contribution is -0.753. The van der Waals surface area contributed by atoms with E-state index in [0.717, 1.165) is 35.4 Å². The first kappa shape index (κ1) is 34.2. The molecule has 4 rings (SSSR count). The number of hydrogen-bond donors (Lipinski definition) is 5. The molecule has 0 spiro atoms. The van der Waals surface area contributed by atoms with E-state index in [9.17, 15) is 27.9 Å². The molecular formula is C26H33N8O10S2+. The quantitative estimate of drug-likeness (QED) is 0.0445. The minimum Gasteiger partial charge on any atom is -0.489 e. The number of aliphatic carboxylic acids is 1. The molecule has 0 radical (unpaired) electrons. The number of nitrogens with one attached hydrogen (secondary N) is 1. The van der Waals surface area contributed by atoms with E-state index in [-0.39, 0.29) is 10.8 Å². The molecule has 18 nitrogen and oxygen atoms in total.